The summed E-state index contributed by atoms with van der Waals surface area (Å²) < 4.78 is 0. The average molecular weight is 259 g/mol. The van der Waals surface area contributed by atoms with Gasteiger partial charge in [-0.05, 0) is 31.9 Å². The van der Waals surface area contributed by atoms with Crippen molar-refractivity contribution in [3.8, 4) is 0 Å². The molecule has 19 heavy (non-hydrogen) atoms. The molecule has 0 radical (unpaired) electrons. The standard InChI is InChI=1S/C15H21N3O/c1-15(2,10-16)18-14(19)8-7-11-9-17-13-6-4-3-5-12(11)13/h3-6,9,17H,7-8,10,16H2,1-2H3,(H,18,19). The highest BCUT2D eigenvalue weighted by Gasteiger charge is 2.18. The van der Waals surface area contributed by atoms with Gasteiger partial charge in [-0.15, -0.1) is 0 Å². The van der Waals surface area contributed by atoms with Gasteiger partial charge in [0.05, 0.1) is 0 Å². The second kappa shape index (κ2) is 5.45. The number of benzene rings is 1. The van der Waals surface area contributed by atoms with Gasteiger partial charge in [0.2, 0.25) is 5.91 Å². The number of rotatable bonds is 5. The maximum atomic E-state index is 11.9. The van der Waals surface area contributed by atoms with Crippen LogP contribution in [0.4, 0.5) is 0 Å². The lowest BCUT2D eigenvalue weighted by Gasteiger charge is -2.24. The maximum Gasteiger partial charge on any atom is 0.220 e. The number of aryl methyl sites for hydroxylation is 1. The average Bonchev–Trinajstić information content (AvgIpc) is 2.79. The molecule has 0 unspecified atom stereocenters. The van der Waals surface area contributed by atoms with E-state index in [1.807, 2.05) is 38.2 Å². The molecule has 4 heteroatoms. The van der Waals surface area contributed by atoms with Crippen LogP contribution in [0.5, 0.6) is 0 Å². The van der Waals surface area contributed by atoms with E-state index in [0.29, 0.717) is 13.0 Å². The normalized spacial score (nSPS) is 11.7. The SMILES string of the molecule is CC(C)(CN)NC(=O)CCc1c[nH]c2ccccc12. The Hall–Kier alpha value is -1.81. The van der Waals surface area contributed by atoms with E-state index in [9.17, 15) is 4.79 Å². The number of aromatic amines is 1. The summed E-state index contributed by atoms with van der Waals surface area (Å²) in [6.45, 7) is 4.29. The minimum atomic E-state index is -0.336. The zero-order chi connectivity index (χ0) is 13.9. The van der Waals surface area contributed by atoms with Gasteiger partial charge in [-0.3, -0.25) is 4.79 Å². The summed E-state index contributed by atoms with van der Waals surface area (Å²) in [7, 11) is 0. The zero-order valence-electron chi connectivity index (χ0n) is 11.5. The van der Waals surface area contributed by atoms with Crippen LogP contribution >= 0.6 is 0 Å². The highest BCUT2D eigenvalue weighted by atomic mass is 16.1. The van der Waals surface area contributed by atoms with Crippen molar-refractivity contribution in [2.24, 2.45) is 5.73 Å². The number of hydrogen-bond acceptors (Lipinski definition) is 2. The van der Waals surface area contributed by atoms with E-state index in [-0.39, 0.29) is 11.4 Å². The number of carbonyl (C=O) groups excluding carboxylic acids is 1. The summed E-state index contributed by atoms with van der Waals surface area (Å²) >= 11 is 0. The van der Waals surface area contributed by atoms with E-state index in [1.54, 1.807) is 0 Å². The van der Waals surface area contributed by atoms with Gasteiger partial charge in [0, 0.05) is 35.6 Å². The second-order valence-corrected chi connectivity index (χ2v) is 5.50. The van der Waals surface area contributed by atoms with E-state index in [2.05, 4.69) is 16.4 Å². The summed E-state index contributed by atoms with van der Waals surface area (Å²) in [5, 5.41) is 4.13. The minimum absolute atomic E-state index is 0.0423. The van der Waals surface area contributed by atoms with E-state index in [1.165, 1.54) is 10.9 Å². The predicted octanol–water partition coefficient (Wildman–Crippen LogP) is 1.95. The van der Waals surface area contributed by atoms with Crippen molar-refractivity contribution in [2.45, 2.75) is 32.2 Å². The number of aromatic nitrogens is 1. The van der Waals surface area contributed by atoms with Gasteiger partial charge in [0.1, 0.15) is 0 Å². The lowest BCUT2D eigenvalue weighted by Crippen LogP contribution is -2.48. The Bertz CT molecular complexity index is 572. The highest BCUT2D eigenvalue weighted by Crippen LogP contribution is 2.18. The molecule has 0 atom stereocenters. The number of amides is 1. The molecule has 4 N–H and O–H groups in total. The molecule has 0 aliphatic heterocycles. The molecule has 1 aromatic heterocycles. The molecule has 0 aliphatic carbocycles. The molecule has 1 amide bonds. The number of fused-ring (bicyclic) bond motifs is 1. The minimum Gasteiger partial charge on any atom is -0.361 e. The Morgan fingerprint density at radius 1 is 1.37 bits per heavy atom. The van der Waals surface area contributed by atoms with Gasteiger partial charge in [-0.2, -0.15) is 0 Å². The Morgan fingerprint density at radius 3 is 2.84 bits per heavy atom. The molecule has 0 bridgehead atoms. The first kappa shape index (κ1) is 13.6. The highest BCUT2D eigenvalue weighted by molar-refractivity contribution is 5.84. The van der Waals surface area contributed by atoms with Crippen LogP contribution in [0.25, 0.3) is 10.9 Å². The van der Waals surface area contributed by atoms with Crippen molar-refractivity contribution in [3.05, 3.63) is 36.0 Å². The topological polar surface area (TPSA) is 70.9 Å². The predicted molar refractivity (Wildman–Crippen MR) is 77.9 cm³/mol. The molecule has 0 saturated heterocycles. The first-order valence-corrected chi connectivity index (χ1v) is 6.58. The summed E-state index contributed by atoms with van der Waals surface area (Å²) in [6, 6.07) is 8.12. The van der Waals surface area contributed by atoms with E-state index in [0.717, 1.165) is 11.9 Å². The summed E-state index contributed by atoms with van der Waals surface area (Å²) in [5.41, 5.74) is 7.55. The summed E-state index contributed by atoms with van der Waals surface area (Å²) in [6.07, 6.45) is 3.19. The van der Waals surface area contributed by atoms with Gasteiger partial charge in [-0.1, -0.05) is 18.2 Å². The van der Waals surface area contributed by atoms with Gasteiger partial charge < -0.3 is 16.0 Å². The molecule has 2 aromatic rings. The van der Waals surface area contributed by atoms with Crippen LogP contribution in [-0.4, -0.2) is 23.0 Å². The number of carbonyl (C=O) groups is 1. The number of nitrogens with one attached hydrogen (secondary N) is 2. The zero-order valence-corrected chi connectivity index (χ0v) is 11.5. The number of H-pyrrole nitrogens is 1. The third-order valence-electron chi connectivity index (χ3n) is 3.28. The van der Waals surface area contributed by atoms with Crippen molar-refractivity contribution in [1.29, 1.82) is 0 Å². The Kier molecular flexibility index (Phi) is 3.90. The second-order valence-electron chi connectivity index (χ2n) is 5.50. The fourth-order valence-corrected chi connectivity index (χ4v) is 2.08. The van der Waals surface area contributed by atoms with Crippen LogP contribution in [0, 0.1) is 0 Å². The van der Waals surface area contributed by atoms with Gasteiger partial charge in [0.15, 0.2) is 0 Å². The maximum absolute atomic E-state index is 11.9. The Labute approximate surface area is 113 Å². The van der Waals surface area contributed by atoms with Crippen molar-refractivity contribution < 1.29 is 4.79 Å². The quantitative estimate of drug-likeness (QED) is 0.768. The molecular formula is C15H21N3O. The fourth-order valence-electron chi connectivity index (χ4n) is 2.08. The van der Waals surface area contributed by atoms with Crippen LogP contribution in [0.15, 0.2) is 30.5 Å². The Morgan fingerprint density at radius 2 is 2.11 bits per heavy atom. The van der Waals surface area contributed by atoms with Crippen LogP contribution in [-0.2, 0) is 11.2 Å². The van der Waals surface area contributed by atoms with E-state index in [4.69, 9.17) is 5.73 Å². The molecule has 0 aliphatic rings. The molecule has 1 heterocycles. The Balaban J connectivity index is 1.97. The lowest BCUT2D eigenvalue weighted by atomic mass is 10.0. The fraction of sp³-hybridized carbons (Fsp3) is 0.400. The van der Waals surface area contributed by atoms with Crippen molar-refractivity contribution in [2.75, 3.05) is 6.54 Å². The van der Waals surface area contributed by atoms with Crippen LogP contribution in [0.3, 0.4) is 0 Å². The summed E-state index contributed by atoms with van der Waals surface area (Å²) in [4.78, 5) is 15.1. The molecular weight excluding hydrogens is 238 g/mol. The van der Waals surface area contributed by atoms with Crippen LogP contribution < -0.4 is 11.1 Å². The first-order valence-electron chi connectivity index (χ1n) is 6.58. The van der Waals surface area contributed by atoms with Crippen molar-refractivity contribution >= 4 is 16.8 Å². The molecule has 4 nitrogen and oxygen atoms in total. The molecule has 0 spiro atoms. The molecule has 0 fully saturated rings. The van der Waals surface area contributed by atoms with Gasteiger partial charge >= 0.3 is 0 Å². The molecule has 2 rings (SSSR count). The van der Waals surface area contributed by atoms with E-state index < -0.39 is 0 Å². The van der Waals surface area contributed by atoms with Crippen LogP contribution in [0.1, 0.15) is 25.8 Å². The third-order valence-corrected chi connectivity index (χ3v) is 3.28. The monoisotopic (exact) mass is 259 g/mol. The largest absolute Gasteiger partial charge is 0.361 e. The van der Waals surface area contributed by atoms with Crippen molar-refractivity contribution in [3.63, 3.8) is 0 Å². The number of nitrogens with two attached hydrogens (primary N) is 1. The summed E-state index contributed by atoms with van der Waals surface area (Å²) in [5.74, 6) is 0.0423. The number of para-hydroxylation sites is 1. The molecule has 0 saturated carbocycles. The molecule has 102 valence electrons. The van der Waals surface area contributed by atoms with Gasteiger partial charge in [0.25, 0.3) is 0 Å². The first-order chi connectivity index (χ1) is 9.02. The smallest absolute Gasteiger partial charge is 0.220 e. The van der Waals surface area contributed by atoms with Crippen LogP contribution in [0.2, 0.25) is 0 Å². The van der Waals surface area contributed by atoms with E-state index >= 15 is 0 Å². The van der Waals surface area contributed by atoms with Gasteiger partial charge in [-0.25, -0.2) is 0 Å². The van der Waals surface area contributed by atoms with Crippen molar-refractivity contribution in [1.82, 2.24) is 10.3 Å². The number of hydrogen-bond donors (Lipinski definition) is 3. The third kappa shape index (κ3) is 3.35. The molecule has 1 aromatic carbocycles. The lowest BCUT2D eigenvalue weighted by molar-refractivity contribution is -0.122.